The van der Waals surface area contributed by atoms with Gasteiger partial charge in [-0.15, -0.1) is 0 Å². The van der Waals surface area contributed by atoms with Crippen molar-refractivity contribution in [3.63, 3.8) is 0 Å². The van der Waals surface area contributed by atoms with Crippen molar-refractivity contribution < 1.29 is 4.79 Å². The summed E-state index contributed by atoms with van der Waals surface area (Å²) in [4.78, 5) is 24.3. The van der Waals surface area contributed by atoms with Gasteiger partial charge < -0.3 is 14.7 Å². The summed E-state index contributed by atoms with van der Waals surface area (Å²) < 4.78 is 0. The molecule has 142 valence electrons. The van der Waals surface area contributed by atoms with Gasteiger partial charge in [-0.3, -0.25) is 9.78 Å². The minimum absolute atomic E-state index is 0.271. The van der Waals surface area contributed by atoms with E-state index in [0.29, 0.717) is 11.8 Å². The molecule has 1 spiro atoms. The third-order valence-corrected chi connectivity index (χ3v) is 6.54. The standard InChI is InChI=1S/C21H32N4O/c26-20(15-19-5-3-8-22-16-19)25-11-4-6-21(18-25)7-12-24(17-21)14-13-23-9-1-2-10-23/h3,5,8,16H,1-2,4,6-7,9-15,17-18H2. The van der Waals surface area contributed by atoms with Gasteiger partial charge in [-0.05, 0) is 63.4 Å². The highest BCUT2D eigenvalue weighted by molar-refractivity contribution is 5.78. The van der Waals surface area contributed by atoms with E-state index < -0.39 is 0 Å². The summed E-state index contributed by atoms with van der Waals surface area (Å²) in [6, 6.07) is 3.91. The molecule has 4 rings (SSSR count). The van der Waals surface area contributed by atoms with E-state index in [4.69, 9.17) is 0 Å². The minimum Gasteiger partial charge on any atom is -0.342 e. The van der Waals surface area contributed by atoms with Gasteiger partial charge in [-0.2, -0.15) is 0 Å². The van der Waals surface area contributed by atoms with Crippen LogP contribution >= 0.6 is 0 Å². The monoisotopic (exact) mass is 356 g/mol. The van der Waals surface area contributed by atoms with Crippen molar-refractivity contribution >= 4 is 5.91 Å². The highest BCUT2D eigenvalue weighted by Crippen LogP contribution is 2.39. The molecule has 0 N–H and O–H groups in total. The Morgan fingerprint density at radius 3 is 2.65 bits per heavy atom. The van der Waals surface area contributed by atoms with Crippen molar-refractivity contribution in [3.8, 4) is 0 Å². The van der Waals surface area contributed by atoms with Gasteiger partial charge in [0.25, 0.3) is 0 Å². The summed E-state index contributed by atoms with van der Waals surface area (Å²) in [6.45, 7) is 9.26. The molecule has 0 saturated carbocycles. The fourth-order valence-electron chi connectivity index (χ4n) is 5.05. The molecule has 0 radical (unpaired) electrons. The first kappa shape index (κ1) is 17.9. The molecule has 26 heavy (non-hydrogen) atoms. The number of amides is 1. The van der Waals surface area contributed by atoms with E-state index in [9.17, 15) is 4.79 Å². The van der Waals surface area contributed by atoms with E-state index in [1.807, 2.05) is 18.3 Å². The highest BCUT2D eigenvalue weighted by Gasteiger charge is 2.42. The topological polar surface area (TPSA) is 39.7 Å². The second kappa shape index (κ2) is 8.05. The zero-order chi connectivity index (χ0) is 17.8. The van der Waals surface area contributed by atoms with Gasteiger partial charge in [0.05, 0.1) is 6.42 Å². The average Bonchev–Trinajstić information content (AvgIpc) is 3.31. The Kier molecular flexibility index (Phi) is 5.55. The number of pyridine rings is 1. The maximum absolute atomic E-state index is 12.8. The molecule has 4 heterocycles. The quantitative estimate of drug-likeness (QED) is 0.809. The summed E-state index contributed by atoms with van der Waals surface area (Å²) in [7, 11) is 0. The second-order valence-electron chi connectivity index (χ2n) is 8.53. The first-order valence-electron chi connectivity index (χ1n) is 10.3. The van der Waals surface area contributed by atoms with Crippen LogP contribution in [0.25, 0.3) is 0 Å². The van der Waals surface area contributed by atoms with Gasteiger partial charge in [0.15, 0.2) is 0 Å². The SMILES string of the molecule is O=C(Cc1cccnc1)N1CCCC2(CCN(CCN3CCCC3)C2)C1. The molecule has 5 nitrogen and oxygen atoms in total. The Balaban J connectivity index is 1.29. The van der Waals surface area contributed by atoms with Crippen LogP contribution in [0.3, 0.4) is 0 Å². The van der Waals surface area contributed by atoms with Crippen LogP contribution in [0.2, 0.25) is 0 Å². The molecule has 1 aromatic heterocycles. The van der Waals surface area contributed by atoms with Crippen LogP contribution < -0.4 is 0 Å². The molecule has 1 amide bonds. The molecule has 3 aliphatic heterocycles. The van der Waals surface area contributed by atoms with Crippen LogP contribution in [0.5, 0.6) is 0 Å². The van der Waals surface area contributed by atoms with Crippen LogP contribution in [0.1, 0.15) is 37.7 Å². The Labute approximate surface area is 157 Å². The Morgan fingerprint density at radius 1 is 1.00 bits per heavy atom. The fourth-order valence-corrected chi connectivity index (χ4v) is 5.05. The summed E-state index contributed by atoms with van der Waals surface area (Å²) in [6.07, 6.45) is 10.5. The molecule has 1 aromatic rings. The number of piperidine rings is 1. The minimum atomic E-state index is 0.271. The molecule has 5 heteroatoms. The first-order valence-corrected chi connectivity index (χ1v) is 10.3. The van der Waals surface area contributed by atoms with Crippen molar-refractivity contribution in [2.75, 3.05) is 52.4 Å². The average molecular weight is 357 g/mol. The lowest BCUT2D eigenvalue weighted by molar-refractivity contribution is -0.133. The third-order valence-electron chi connectivity index (χ3n) is 6.54. The molecule has 1 unspecified atom stereocenters. The number of rotatable bonds is 5. The number of nitrogens with zero attached hydrogens (tertiary/aromatic N) is 4. The summed E-state index contributed by atoms with van der Waals surface area (Å²) in [5, 5.41) is 0. The van der Waals surface area contributed by atoms with E-state index in [1.54, 1.807) is 6.20 Å². The van der Waals surface area contributed by atoms with E-state index >= 15 is 0 Å². The zero-order valence-corrected chi connectivity index (χ0v) is 15.9. The van der Waals surface area contributed by atoms with Gasteiger partial charge in [-0.1, -0.05) is 6.07 Å². The first-order chi connectivity index (χ1) is 12.7. The van der Waals surface area contributed by atoms with E-state index in [2.05, 4.69) is 19.7 Å². The molecule has 3 aliphatic rings. The van der Waals surface area contributed by atoms with Crippen molar-refractivity contribution in [1.29, 1.82) is 0 Å². The van der Waals surface area contributed by atoms with Crippen LogP contribution in [0, 0.1) is 5.41 Å². The van der Waals surface area contributed by atoms with Crippen LogP contribution in [-0.2, 0) is 11.2 Å². The summed E-state index contributed by atoms with van der Waals surface area (Å²) in [5.74, 6) is 0.271. The van der Waals surface area contributed by atoms with Gasteiger partial charge >= 0.3 is 0 Å². The second-order valence-corrected chi connectivity index (χ2v) is 8.53. The van der Waals surface area contributed by atoms with Gasteiger partial charge in [0, 0.05) is 50.5 Å². The van der Waals surface area contributed by atoms with Crippen molar-refractivity contribution in [2.24, 2.45) is 5.41 Å². The number of hydrogen-bond acceptors (Lipinski definition) is 4. The number of likely N-dealkylation sites (tertiary alicyclic amines) is 3. The van der Waals surface area contributed by atoms with Crippen molar-refractivity contribution in [3.05, 3.63) is 30.1 Å². The molecular formula is C21H32N4O. The predicted octanol–water partition coefficient (Wildman–Crippen LogP) is 2.03. The maximum atomic E-state index is 12.8. The van der Waals surface area contributed by atoms with E-state index in [1.165, 1.54) is 65.0 Å². The van der Waals surface area contributed by atoms with E-state index in [-0.39, 0.29) is 5.91 Å². The number of aromatic nitrogens is 1. The van der Waals surface area contributed by atoms with Crippen LogP contribution in [0.15, 0.2) is 24.5 Å². The lowest BCUT2D eigenvalue weighted by Crippen LogP contribution is -2.48. The van der Waals surface area contributed by atoms with Gasteiger partial charge in [0.2, 0.25) is 5.91 Å². The molecule has 0 aliphatic carbocycles. The Bertz CT molecular complexity index is 601. The fraction of sp³-hybridized carbons (Fsp3) is 0.714. The molecule has 1 atom stereocenters. The normalized spacial score (nSPS) is 27.5. The Hall–Kier alpha value is -1.46. The third kappa shape index (κ3) is 4.26. The molecule has 3 saturated heterocycles. The Morgan fingerprint density at radius 2 is 1.85 bits per heavy atom. The van der Waals surface area contributed by atoms with E-state index in [0.717, 1.165) is 25.1 Å². The van der Waals surface area contributed by atoms with Crippen molar-refractivity contribution in [2.45, 2.75) is 38.5 Å². The predicted molar refractivity (Wildman–Crippen MR) is 103 cm³/mol. The largest absolute Gasteiger partial charge is 0.342 e. The smallest absolute Gasteiger partial charge is 0.227 e. The zero-order valence-electron chi connectivity index (χ0n) is 15.9. The maximum Gasteiger partial charge on any atom is 0.227 e. The van der Waals surface area contributed by atoms with Crippen LogP contribution in [-0.4, -0.2) is 77.9 Å². The molecule has 0 bridgehead atoms. The lowest BCUT2D eigenvalue weighted by atomic mass is 9.79. The number of hydrogen-bond donors (Lipinski definition) is 0. The molecule has 0 aromatic carbocycles. The van der Waals surface area contributed by atoms with Crippen LogP contribution in [0.4, 0.5) is 0 Å². The highest BCUT2D eigenvalue weighted by atomic mass is 16.2. The molecule has 3 fully saturated rings. The van der Waals surface area contributed by atoms with Crippen molar-refractivity contribution in [1.82, 2.24) is 19.7 Å². The number of carbonyl (C=O) groups excluding carboxylic acids is 1. The summed E-state index contributed by atoms with van der Waals surface area (Å²) in [5.41, 5.74) is 1.37. The number of carbonyl (C=O) groups is 1. The lowest BCUT2D eigenvalue weighted by Gasteiger charge is -2.40. The van der Waals surface area contributed by atoms with Gasteiger partial charge in [-0.25, -0.2) is 0 Å². The molecular weight excluding hydrogens is 324 g/mol. The summed E-state index contributed by atoms with van der Waals surface area (Å²) >= 11 is 0. The van der Waals surface area contributed by atoms with Gasteiger partial charge in [0.1, 0.15) is 0 Å².